The quantitative estimate of drug-likeness (QED) is 0.882. The van der Waals surface area contributed by atoms with Gasteiger partial charge in [0.2, 0.25) is 0 Å². The van der Waals surface area contributed by atoms with Gasteiger partial charge in [0.05, 0.1) is 6.04 Å². The topological polar surface area (TPSA) is 46.3 Å². The van der Waals surface area contributed by atoms with Crippen LogP contribution in [-0.4, -0.2) is 17.9 Å². The van der Waals surface area contributed by atoms with Gasteiger partial charge in [-0.05, 0) is 30.5 Å². The van der Waals surface area contributed by atoms with E-state index >= 15 is 0 Å². The second-order valence-electron chi connectivity index (χ2n) is 4.46. The lowest BCUT2D eigenvalue weighted by molar-refractivity contribution is 0.0744. The Kier molecular flexibility index (Phi) is 4.04. The summed E-state index contributed by atoms with van der Waals surface area (Å²) in [4.78, 5) is 14.7. The van der Waals surface area contributed by atoms with Crippen LogP contribution < -0.4 is 5.73 Å². The van der Waals surface area contributed by atoms with E-state index < -0.39 is 23.2 Å². The Hall–Kier alpha value is -1.95. The van der Waals surface area contributed by atoms with Gasteiger partial charge in [0.15, 0.2) is 0 Å². The van der Waals surface area contributed by atoms with E-state index in [4.69, 9.17) is 5.73 Å². The molecule has 2 aromatic rings. The largest absolute Gasteiger partial charge is 0.394 e. The van der Waals surface area contributed by atoms with Crippen molar-refractivity contribution < 1.29 is 13.6 Å². The molecule has 0 aliphatic rings. The number of thiophene rings is 1. The number of amides is 1. The van der Waals surface area contributed by atoms with Gasteiger partial charge >= 0.3 is 0 Å². The first-order valence-electron chi connectivity index (χ1n) is 5.97. The lowest BCUT2D eigenvalue weighted by Crippen LogP contribution is -2.29. The molecule has 1 atom stereocenters. The Labute approximate surface area is 119 Å². The molecule has 1 aromatic carbocycles. The number of rotatable bonds is 3. The Balaban J connectivity index is 2.27. The van der Waals surface area contributed by atoms with Gasteiger partial charge < -0.3 is 10.6 Å². The number of carbonyl (C=O) groups is 1. The Morgan fingerprint density at radius 1 is 1.35 bits per heavy atom. The molecule has 3 nitrogen and oxygen atoms in total. The molecular weight excluding hydrogens is 282 g/mol. The highest BCUT2D eigenvalue weighted by Gasteiger charge is 2.21. The van der Waals surface area contributed by atoms with Gasteiger partial charge in [-0.25, -0.2) is 8.78 Å². The molecule has 1 amide bonds. The van der Waals surface area contributed by atoms with E-state index in [0.29, 0.717) is 0 Å². The number of nitrogens with two attached hydrogens (primary N) is 1. The van der Waals surface area contributed by atoms with Crippen molar-refractivity contribution in [3.05, 3.63) is 51.7 Å². The first-order valence-corrected chi connectivity index (χ1v) is 6.85. The van der Waals surface area contributed by atoms with Gasteiger partial charge in [0, 0.05) is 17.5 Å². The van der Waals surface area contributed by atoms with E-state index in [2.05, 4.69) is 0 Å². The van der Waals surface area contributed by atoms with E-state index in [1.807, 2.05) is 24.4 Å². The molecule has 2 N–H and O–H groups in total. The summed E-state index contributed by atoms with van der Waals surface area (Å²) in [6.45, 7) is 1.85. The molecule has 0 radical (unpaired) electrons. The molecule has 0 fully saturated rings. The van der Waals surface area contributed by atoms with E-state index in [-0.39, 0.29) is 11.6 Å². The number of nitrogen functional groups attached to an aromatic ring is 1. The maximum atomic E-state index is 13.4. The molecule has 6 heteroatoms. The fourth-order valence-electron chi connectivity index (χ4n) is 1.81. The standard InChI is InChI=1S/C14H14F2N2OS/c1-8(12-4-3-5-20-12)18(2)14(19)9-6-10(15)13(17)11(16)7-9/h3-8H,17H2,1-2H3. The van der Waals surface area contributed by atoms with Gasteiger partial charge in [-0.15, -0.1) is 11.3 Å². The monoisotopic (exact) mass is 296 g/mol. The lowest BCUT2D eigenvalue weighted by Gasteiger charge is -2.24. The van der Waals surface area contributed by atoms with Crippen molar-refractivity contribution in [2.24, 2.45) is 0 Å². The van der Waals surface area contributed by atoms with Crippen LogP contribution in [-0.2, 0) is 0 Å². The van der Waals surface area contributed by atoms with Crippen LogP contribution in [0.2, 0.25) is 0 Å². The summed E-state index contributed by atoms with van der Waals surface area (Å²) in [5, 5.41) is 1.91. The molecule has 106 valence electrons. The minimum Gasteiger partial charge on any atom is -0.394 e. The predicted octanol–water partition coefficient (Wildman–Crippen LogP) is 3.44. The summed E-state index contributed by atoms with van der Waals surface area (Å²) in [5.41, 5.74) is 4.56. The van der Waals surface area contributed by atoms with Gasteiger partial charge in [-0.3, -0.25) is 4.79 Å². The molecule has 0 spiro atoms. The fourth-order valence-corrected chi connectivity index (χ4v) is 2.63. The molecule has 0 bridgehead atoms. The van der Waals surface area contributed by atoms with E-state index in [1.165, 1.54) is 16.2 Å². The molecule has 0 aliphatic heterocycles. The Bertz CT molecular complexity index is 605. The Morgan fingerprint density at radius 3 is 2.45 bits per heavy atom. The highest BCUT2D eigenvalue weighted by atomic mass is 32.1. The molecule has 1 unspecified atom stereocenters. The zero-order chi connectivity index (χ0) is 14.9. The molecule has 1 heterocycles. The van der Waals surface area contributed by atoms with Crippen molar-refractivity contribution in [1.82, 2.24) is 4.90 Å². The number of nitrogens with zero attached hydrogens (tertiary/aromatic N) is 1. The third kappa shape index (κ3) is 2.65. The van der Waals surface area contributed by atoms with Crippen LogP contribution in [0, 0.1) is 11.6 Å². The van der Waals surface area contributed by atoms with Gasteiger partial charge in [-0.2, -0.15) is 0 Å². The van der Waals surface area contributed by atoms with Crippen molar-refractivity contribution in [1.29, 1.82) is 0 Å². The van der Waals surface area contributed by atoms with Crippen LogP contribution in [0.15, 0.2) is 29.6 Å². The molecule has 0 saturated heterocycles. The summed E-state index contributed by atoms with van der Waals surface area (Å²) < 4.78 is 26.8. The first kappa shape index (κ1) is 14.5. The number of halogens is 2. The van der Waals surface area contributed by atoms with Gasteiger partial charge in [-0.1, -0.05) is 6.07 Å². The maximum Gasteiger partial charge on any atom is 0.254 e. The molecule has 2 rings (SSSR count). The van der Waals surface area contributed by atoms with Crippen molar-refractivity contribution >= 4 is 22.9 Å². The minimum atomic E-state index is -0.925. The van der Waals surface area contributed by atoms with Crippen molar-refractivity contribution in [2.75, 3.05) is 12.8 Å². The highest BCUT2D eigenvalue weighted by molar-refractivity contribution is 7.10. The van der Waals surface area contributed by atoms with E-state index in [9.17, 15) is 13.6 Å². The van der Waals surface area contributed by atoms with Crippen LogP contribution in [0.5, 0.6) is 0 Å². The van der Waals surface area contributed by atoms with Crippen molar-refractivity contribution in [3.63, 3.8) is 0 Å². The second kappa shape index (κ2) is 5.58. The normalized spacial score (nSPS) is 12.2. The minimum absolute atomic E-state index is 0.0555. The molecule has 1 aromatic heterocycles. The van der Waals surface area contributed by atoms with Crippen LogP contribution in [0.3, 0.4) is 0 Å². The smallest absolute Gasteiger partial charge is 0.254 e. The molecule has 0 saturated carbocycles. The summed E-state index contributed by atoms with van der Waals surface area (Å²) in [5.74, 6) is -2.31. The van der Waals surface area contributed by atoms with Crippen LogP contribution in [0.4, 0.5) is 14.5 Å². The van der Waals surface area contributed by atoms with Crippen LogP contribution in [0.1, 0.15) is 28.2 Å². The van der Waals surface area contributed by atoms with Crippen LogP contribution in [0.25, 0.3) is 0 Å². The zero-order valence-corrected chi connectivity index (χ0v) is 11.9. The third-order valence-corrected chi connectivity index (χ3v) is 4.22. The first-order chi connectivity index (χ1) is 9.41. The predicted molar refractivity (Wildman–Crippen MR) is 75.6 cm³/mol. The van der Waals surface area contributed by atoms with Crippen molar-refractivity contribution in [3.8, 4) is 0 Å². The number of hydrogen-bond donors (Lipinski definition) is 1. The zero-order valence-electron chi connectivity index (χ0n) is 11.1. The summed E-state index contributed by atoms with van der Waals surface area (Å²) in [6.07, 6.45) is 0. The Morgan fingerprint density at radius 2 is 1.95 bits per heavy atom. The van der Waals surface area contributed by atoms with Gasteiger partial charge in [0.1, 0.15) is 17.3 Å². The SMILES string of the molecule is CC(c1cccs1)N(C)C(=O)c1cc(F)c(N)c(F)c1. The van der Waals surface area contributed by atoms with Crippen molar-refractivity contribution in [2.45, 2.75) is 13.0 Å². The van der Waals surface area contributed by atoms with E-state index in [0.717, 1.165) is 17.0 Å². The van der Waals surface area contributed by atoms with Crippen LogP contribution >= 0.6 is 11.3 Å². The second-order valence-corrected chi connectivity index (χ2v) is 5.44. The third-order valence-electron chi connectivity index (χ3n) is 3.18. The lowest BCUT2D eigenvalue weighted by atomic mass is 10.1. The number of carbonyl (C=O) groups excluding carboxylic acids is 1. The van der Waals surface area contributed by atoms with E-state index in [1.54, 1.807) is 7.05 Å². The fraction of sp³-hybridized carbons (Fsp3) is 0.214. The molecule has 0 aliphatic carbocycles. The summed E-state index contributed by atoms with van der Waals surface area (Å²) >= 11 is 1.52. The van der Waals surface area contributed by atoms with Gasteiger partial charge in [0.25, 0.3) is 5.91 Å². The number of anilines is 1. The molecule has 20 heavy (non-hydrogen) atoms. The number of hydrogen-bond acceptors (Lipinski definition) is 3. The highest BCUT2D eigenvalue weighted by Crippen LogP contribution is 2.26. The maximum absolute atomic E-state index is 13.4. The average Bonchev–Trinajstić information content (AvgIpc) is 2.95. The summed E-state index contributed by atoms with van der Waals surface area (Å²) in [7, 11) is 1.60. The summed E-state index contributed by atoms with van der Waals surface area (Å²) in [6, 6.07) is 5.53. The molecular formula is C14H14F2N2OS. The average molecular weight is 296 g/mol. The number of benzene rings is 1.